The van der Waals surface area contributed by atoms with Gasteiger partial charge in [-0.3, -0.25) is 0 Å². The second-order valence-corrected chi connectivity index (χ2v) is 5.71. The topological polar surface area (TPSA) is 0 Å². The third-order valence-electron chi connectivity index (χ3n) is 4.30. The van der Waals surface area contributed by atoms with Gasteiger partial charge < -0.3 is 0 Å². The van der Waals surface area contributed by atoms with Crippen molar-refractivity contribution in [2.45, 2.75) is 25.7 Å². The van der Waals surface area contributed by atoms with Crippen molar-refractivity contribution >= 4 is 0 Å². The first-order chi connectivity index (χ1) is 10.9. The molecule has 0 radical (unpaired) electrons. The Labute approximate surface area is 133 Å². The smallest absolute Gasteiger partial charge is 0.0132 e. The van der Waals surface area contributed by atoms with Gasteiger partial charge in [0, 0.05) is 5.92 Å². The Kier molecular flexibility index (Phi) is 4.70. The minimum Gasteiger partial charge on any atom is -0.0622 e. The molecule has 1 atom stereocenters. The first-order valence-electron chi connectivity index (χ1n) is 8.05. The Morgan fingerprint density at radius 3 is 1.95 bits per heavy atom. The van der Waals surface area contributed by atoms with Crippen LogP contribution in [0.2, 0.25) is 0 Å². The minimum absolute atomic E-state index is 0.416. The summed E-state index contributed by atoms with van der Waals surface area (Å²) in [7, 11) is 0. The van der Waals surface area contributed by atoms with E-state index >= 15 is 0 Å². The Balaban J connectivity index is 2.03. The molecule has 0 saturated carbocycles. The maximum Gasteiger partial charge on any atom is 0.0132 e. The maximum atomic E-state index is 2.29. The van der Waals surface area contributed by atoms with Crippen molar-refractivity contribution in [3.05, 3.63) is 107 Å². The van der Waals surface area contributed by atoms with E-state index in [0.717, 1.165) is 12.8 Å². The number of rotatable bonds is 5. The summed E-state index contributed by atoms with van der Waals surface area (Å²) in [5.74, 6) is 0.416. The van der Waals surface area contributed by atoms with E-state index in [0.29, 0.717) is 5.92 Å². The van der Waals surface area contributed by atoms with Gasteiger partial charge in [0.25, 0.3) is 0 Å². The van der Waals surface area contributed by atoms with Gasteiger partial charge in [0.2, 0.25) is 0 Å². The van der Waals surface area contributed by atoms with Crippen molar-refractivity contribution in [3.63, 3.8) is 0 Å². The molecule has 0 aromatic heterocycles. The third kappa shape index (κ3) is 3.28. The summed E-state index contributed by atoms with van der Waals surface area (Å²) >= 11 is 0. The summed E-state index contributed by atoms with van der Waals surface area (Å²) in [6.07, 6.45) is 2.12. The second kappa shape index (κ2) is 7.09. The van der Waals surface area contributed by atoms with Gasteiger partial charge in [0.1, 0.15) is 0 Å². The molecule has 3 aromatic carbocycles. The highest BCUT2D eigenvalue weighted by molar-refractivity contribution is 5.39. The van der Waals surface area contributed by atoms with Crippen LogP contribution in [-0.2, 0) is 12.8 Å². The van der Waals surface area contributed by atoms with Gasteiger partial charge in [-0.1, -0.05) is 91.9 Å². The van der Waals surface area contributed by atoms with Crippen LogP contribution in [0.1, 0.15) is 35.1 Å². The molecule has 1 unspecified atom stereocenters. The van der Waals surface area contributed by atoms with Crippen LogP contribution in [0.3, 0.4) is 0 Å². The summed E-state index contributed by atoms with van der Waals surface area (Å²) < 4.78 is 0. The lowest BCUT2D eigenvalue weighted by Gasteiger charge is -2.21. The van der Waals surface area contributed by atoms with Crippen LogP contribution < -0.4 is 0 Å². The first kappa shape index (κ1) is 14.6. The molecule has 22 heavy (non-hydrogen) atoms. The number of hydrogen-bond donors (Lipinski definition) is 0. The van der Waals surface area contributed by atoms with Crippen molar-refractivity contribution in [3.8, 4) is 0 Å². The standard InChI is InChI=1S/C22H22/c1-2-19-13-9-10-16-21(19)22(20-14-7-4-8-15-20)17-18-11-5-3-6-12-18/h3-16,22H,2,17H2,1H3. The predicted octanol–water partition coefficient (Wildman–Crippen LogP) is 5.62. The zero-order valence-electron chi connectivity index (χ0n) is 13.1. The molecule has 0 spiro atoms. The zero-order chi connectivity index (χ0) is 15.2. The quantitative estimate of drug-likeness (QED) is 0.570. The molecule has 0 nitrogen and oxygen atoms in total. The fraction of sp³-hybridized carbons (Fsp3) is 0.182. The summed E-state index contributed by atoms with van der Waals surface area (Å²) in [5.41, 5.74) is 5.70. The molecule has 0 aliphatic heterocycles. The molecule has 0 heteroatoms. The van der Waals surface area contributed by atoms with Crippen LogP contribution in [0.15, 0.2) is 84.9 Å². The molecule has 0 fully saturated rings. The van der Waals surface area contributed by atoms with Crippen molar-refractivity contribution in [2.24, 2.45) is 0 Å². The predicted molar refractivity (Wildman–Crippen MR) is 94.3 cm³/mol. The molecule has 0 aliphatic carbocycles. The summed E-state index contributed by atoms with van der Waals surface area (Å²) in [4.78, 5) is 0. The normalized spacial score (nSPS) is 12.0. The van der Waals surface area contributed by atoms with Gasteiger partial charge in [-0.25, -0.2) is 0 Å². The van der Waals surface area contributed by atoms with E-state index in [9.17, 15) is 0 Å². The highest BCUT2D eigenvalue weighted by Gasteiger charge is 2.17. The molecule has 0 aliphatic rings. The van der Waals surface area contributed by atoms with Crippen molar-refractivity contribution < 1.29 is 0 Å². The second-order valence-electron chi connectivity index (χ2n) is 5.71. The highest BCUT2D eigenvalue weighted by atomic mass is 14.2. The van der Waals surface area contributed by atoms with Crippen molar-refractivity contribution in [2.75, 3.05) is 0 Å². The van der Waals surface area contributed by atoms with Crippen LogP contribution >= 0.6 is 0 Å². The summed E-state index contributed by atoms with van der Waals surface area (Å²) in [5, 5.41) is 0. The Morgan fingerprint density at radius 2 is 1.27 bits per heavy atom. The zero-order valence-corrected chi connectivity index (χ0v) is 13.1. The van der Waals surface area contributed by atoms with E-state index in [-0.39, 0.29) is 0 Å². The van der Waals surface area contributed by atoms with Crippen molar-refractivity contribution in [1.82, 2.24) is 0 Å². The van der Waals surface area contributed by atoms with Crippen LogP contribution in [0.25, 0.3) is 0 Å². The van der Waals surface area contributed by atoms with Gasteiger partial charge >= 0.3 is 0 Å². The molecular weight excluding hydrogens is 264 g/mol. The van der Waals surface area contributed by atoms with Crippen LogP contribution in [0.5, 0.6) is 0 Å². The maximum absolute atomic E-state index is 2.29. The van der Waals surface area contributed by atoms with E-state index in [1.54, 1.807) is 0 Å². The fourth-order valence-corrected chi connectivity index (χ4v) is 3.14. The highest BCUT2D eigenvalue weighted by Crippen LogP contribution is 2.31. The van der Waals surface area contributed by atoms with Crippen molar-refractivity contribution in [1.29, 1.82) is 0 Å². The van der Waals surface area contributed by atoms with Crippen LogP contribution in [0.4, 0.5) is 0 Å². The molecule has 0 N–H and O–H groups in total. The molecule has 0 saturated heterocycles. The molecule has 0 bridgehead atoms. The van der Waals surface area contributed by atoms with E-state index < -0.39 is 0 Å². The van der Waals surface area contributed by atoms with E-state index in [1.165, 1.54) is 22.3 Å². The van der Waals surface area contributed by atoms with Gasteiger partial charge in [0.05, 0.1) is 0 Å². The largest absolute Gasteiger partial charge is 0.0622 e. The molecular formula is C22H22. The number of benzene rings is 3. The van der Waals surface area contributed by atoms with Gasteiger partial charge in [-0.2, -0.15) is 0 Å². The molecule has 3 rings (SSSR count). The summed E-state index contributed by atoms with van der Waals surface area (Å²) in [6, 6.07) is 30.5. The Morgan fingerprint density at radius 1 is 0.682 bits per heavy atom. The Hall–Kier alpha value is -2.34. The van der Waals surface area contributed by atoms with Gasteiger partial charge in [0.15, 0.2) is 0 Å². The molecule has 0 heterocycles. The van der Waals surface area contributed by atoms with Crippen LogP contribution in [-0.4, -0.2) is 0 Å². The third-order valence-corrected chi connectivity index (χ3v) is 4.30. The molecule has 3 aromatic rings. The lowest BCUT2D eigenvalue weighted by atomic mass is 9.83. The lowest BCUT2D eigenvalue weighted by Crippen LogP contribution is -2.08. The monoisotopic (exact) mass is 286 g/mol. The van der Waals surface area contributed by atoms with E-state index in [2.05, 4.69) is 91.9 Å². The average Bonchev–Trinajstić information content (AvgIpc) is 2.61. The lowest BCUT2D eigenvalue weighted by molar-refractivity contribution is 0.791. The number of hydrogen-bond acceptors (Lipinski definition) is 0. The Bertz CT molecular complexity index is 698. The SMILES string of the molecule is CCc1ccccc1C(Cc1ccccc1)c1ccccc1. The number of aryl methyl sites for hydroxylation is 1. The summed E-state index contributed by atoms with van der Waals surface area (Å²) in [6.45, 7) is 2.24. The first-order valence-corrected chi connectivity index (χ1v) is 8.05. The fourth-order valence-electron chi connectivity index (χ4n) is 3.14. The van der Waals surface area contributed by atoms with E-state index in [4.69, 9.17) is 0 Å². The minimum atomic E-state index is 0.416. The molecule has 0 amide bonds. The molecule has 110 valence electrons. The van der Waals surface area contributed by atoms with E-state index in [1.807, 2.05) is 0 Å². The van der Waals surface area contributed by atoms with Crippen LogP contribution in [0, 0.1) is 0 Å². The van der Waals surface area contributed by atoms with Gasteiger partial charge in [-0.15, -0.1) is 0 Å². The average molecular weight is 286 g/mol. The van der Waals surface area contributed by atoms with Gasteiger partial charge in [-0.05, 0) is 35.1 Å².